The molecule has 0 amide bonds. The van der Waals surface area contributed by atoms with E-state index >= 15 is 0 Å². The van der Waals surface area contributed by atoms with Crippen LogP contribution >= 0.6 is 0 Å². The fourth-order valence-electron chi connectivity index (χ4n) is 2.98. The molecule has 1 aromatic carbocycles. The molecule has 1 aliphatic heterocycles. The van der Waals surface area contributed by atoms with E-state index in [9.17, 15) is 5.11 Å². The van der Waals surface area contributed by atoms with Crippen LogP contribution in [0.2, 0.25) is 0 Å². The number of aliphatic hydroxyl groups is 1. The molecule has 0 saturated carbocycles. The number of hydrogen-bond donors (Lipinski definition) is 2. The largest absolute Gasteiger partial charge is 0.392 e. The van der Waals surface area contributed by atoms with Crippen LogP contribution in [0.3, 0.4) is 0 Å². The first-order chi connectivity index (χ1) is 10.2. The number of rotatable bonds is 4. The molecular formula is C16H22N4O. The van der Waals surface area contributed by atoms with Crippen molar-refractivity contribution < 1.29 is 5.11 Å². The predicted molar refractivity (Wildman–Crippen MR) is 80.8 cm³/mol. The fourth-order valence-corrected chi connectivity index (χ4v) is 2.98. The van der Waals surface area contributed by atoms with Gasteiger partial charge in [-0.2, -0.15) is 5.10 Å². The molecule has 1 aromatic heterocycles. The molecule has 1 aliphatic rings. The quantitative estimate of drug-likeness (QED) is 0.899. The first-order valence-corrected chi connectivity index (χ1v) is 7.52. The van der Waals surface area contributed by atoms with Crippen molar-refractivity contribution in [2.24, 2.45) is 0 Å². The normalized spacial score (nSPS) is 19.3. The minimum atomic E-state index is 0.0889. The topological polar surface area (TPSA) is 63.0 Å². The maximum atomic E-state index is 9.24. The Balaban J connectivity index is 1.66. The molecule has 0 spiro atoms. The zero-order valence-corrected chi connectivity index (χ0v) is 12.6. The molecule has 2 aromatic rings. The average Bonchev–Trinajstić information content (AvgIpc) is 2.86. The summed E-state index contributed by atoms with van der Waals surface area (Å²) in [6.07, 6.45) is 2.06. The van der Waals surface area contributed by atoms with Crippen LogP contribution in [0.25, 0.3) is 0 Å². The second kappa shape index (κ2) is 5.95. The van der Waals surface area contributed by atoms with Gasteiger partial charge in [-0.05, 0) is 31.4 Å². The summed E-state index contributed by atoms with van der Waals surface area (Å²) in [5.41, 5.74) is 2.17. The van der Waals surface area contributed by atoms with Gasteiger partial charge in [0.25, 0.3) is 0 Å². The minimum Gasteiger partial charge on any atom is -0.392 e. The standard InChI is InChI=1S/C16H22N4O/c1-11(14-5-3-4-13(8-14)10-21)17-15-6-7-16-18-12(2)19-20(16)9-15/h3-5,8,11,15,17,21H,6-7,9-10H2,1-2H3. The number of benzene rings is 1. The van der Waals surface area contributed by atoms with Crippen LogP contribution in [0.5, 0.6) is 0 Å². The van der Waals surface area contributed by atoms with E-state index in [0.29, 0.717) is 6.04 Å². The Bertz CT molecular complexity index is 622. The smallest absolute Gasteiger partial charge is 0.147 e. The SMILES string of the molecule is Cc1nc2n(n1)CC(NC(C)c1cccc(CO)c1)CC2. The molecule has 112 valence electrons. The highest BCUT2D eigenvalue weighted by atomic mass is 16.3. The van der Waals surface area contributed by atoms with Crippen molar-refractivity contribution in [1.29, 1.82) is 0 Å². The molecule has 21 heavy (non-hydrogen) atoms. The van der Waals surface area contributed by atoms with Crippen molar-refractivity contribution in [1.82, 2.24) is 20.1 Å². The van der Waals surface area contributed by atoms with E-state index in [1.165, 1.54) is 5.56 Å². The highest BCUT2D eigenvalue weighted by Crippen LogP contribution is 2.19. The summed E-state index contributed by atoms with van der Waals surface area (Å²) in [5.74, 6) is 1.95. The molecule has 5 nitrogen and oxygen atoms in total. The molecular weight excluding hydrogens is 264 g/mol. The van der Waals surface area contributed by atoms with Crippen molar-refractivity contribution in [3.05, 3.63) is 47.0 Å². The van der Waals surface area contributed by atoms with Crippen molar-refractivity contribution in [2.45, 2.75) is 51.9 Å². The lowest BCUT2D eigenvalue weighted by molar-refractivity contribution is 0.281. The van der Waals surface area contributed by atoms with E-state index in [1.54, 1.807) is 0 Å². The Morgan fingerprint density at radius 2 is 2.33 bits per heavy atom. The zero-order chi connectivity index (χ0) is 14.8. The molecule has 0 saturated heterocycles. The van der Waals surface area contributed by atoms with E-state index in [0.717, 1.165) is 36.6 Å². The summed E-state index contributed by atoms with van der Waals surface area (Å²) < 4.78 is 2.02. The molecule has 0 radical (unpaired) electrons. The van der Waals surface area contributed by atoms with Crippen LogP contribution in [-0.2, 0) is 19.6 Å². The van der Waals surface area contributed by atoms with Crippen LogP contribution in [0, 0.1) is 6.92 Å². The van der Waals surface area contributed by atoms with Gasteiger partial charge >= 0.3 is 0 Å². The number of aryl methyl sites for hydroxylation is 2. The summed E-state index contributed by atoms with van der Waals surface area (Å²) in [6.45, 7) is 5.07. The third kappa shape index (κ3) is 3.14. The number of aromatic nitrogens is 3. The Morgan fingerprint density at radius 1 is 1.48 bits per heavy atom. The third-order valence-corrected chi connectivity index (χ3v) is 4.08. The van der Waals surface area contributed by atoms with Crippen LogP contribution in [0.1, 0.15) is 42.2 Å². The van der Waals surface area contributed by atoms with Crippen molar-refractivity contribution in [3.63, 3.8) is 0 Å². The van der Waals surface area contributed by atoms with Gasteiger partial charge in [0.1, 0.15) is 11.6 Å². The van der Waals surface area contributed by atoms with Crippen molar-refractivity contribution in [3.8, 4) is 0 Å². The average molecular weight is 286 g/mol. The van der Waals surface area contributed by atoms with E-state index in [4.69, 9.17) is 0 Å². The summed E-state index contributed by atoms with van der Waals surface area (Å²) in [4.78, 5) is 4.44. The zero-order valence-electron chi connectivity index (χ0n) is 12.6. The first-order valence-electron chi connectivity index (χ1n) is 7.52. The Labute approximate surface area is 125 Å². The van der Waals surface area contributed by atoms with E-state index in [-0.39, 0.29) is 12.6 Å². The minimum absolute atomic E-state index is 0.0889. The molecule has 3 rings (SSSR count). The Morgan fingerprint density at radius 3 is 3.14 bits per heavy atom. The van der Waals surface area contributed by atoms with Gasteiger partial charge in [-0.1, -0.05) is 24.3 Å². The molecule has 2 heterocycles. The highest BCUT2D eigenvalue weighted by Gasteiger charge is 2.22. The maximum Gasteiger partial charge on any atom is 0.147 e. The monoisotopic (exact) mass is 286 g/mol. The lowest BCUT2D eigenvalue weighted by Gasteiger charge is -2.27. The summed E-state index contributed by atoms with van der Waals surface area (Å²) in [7, 11) is 0. The molecule has 5 heteroatoms. The summed E-state index contributed by atoms with van der Waals surface area (Å²) in [6, 6.07) is 8.77. The van der Waals surface area contributed by atoms with Gasteiger partial charge in [-0.3, -0.25) is 0 Å². The second-order valence-electron chi connectivity index (χ2n) is 5.78. The Kier molecular flexibility index (Phi) is 4.03. The van der Waals surface area contributed by atoms with Crippen molar-refractivity contribution >= 4 is 0 Å². The number of fused-ring (bicyclic) bond motifs is 1. The highest BCUT2D eigenvalue weighted by molar-refractivity contribution is 5.25. The van der Waals surface area contributed by atoms with Gasteiger partial charge in [0.05, 0.1) is 13.2 Å². The molecule has 2 atom stereocenters. The van der Waals surface area contributed by atoms with E-state index < -0.39 is 0 Å². The first kappa shape index (κ1) is 14.2. The fraction of sp³-hybridized carbons (Fsp3) is 0.500. The van der Waals surface area contributed by atoms with Crippen LogP contribution in [0.15, 0.2) is 24.3 Å². The van der Waals surface area contributed by atoms with Gasteiger partial charge < -0.3 is 10.4 Å². The van der Waals surface area contributed by atoms with E-state index in [2.05, 4.69) is 34.5 Å². The summed E-state index contributed by atoms with van der Waals surface area (Å²) >= 11 is 0. The van der Waals surface area contributed by atoms with Gasteiger partial charge in [0.15, 0.2) is 0 Å². The molecule has 0 fully saturated rings. The van der Waals surface area contributed by atoms with Gasteiger partial charge in [0, 0.05) is 18.5 Å². The van der Waals surface area contributed by atoms with Crippen LogP contribution in [0.4, 0.5) is 0 Å². The molecule has 2 N–H and O–H groups in total. The maximum absolute atomic E-state index is 9.24. The van der Waals surface area contributed by atoms with Crippen LogP contribution < -0.4 is 5.32 Å². The molecule has 2 unspecified atom stereocenters. The predicted octanol–water partition coefficient (Wildman–Crippen LogP) is 1.74. The summed E-state index contributed by atoms with van der Waals surface area (Å²) in [5, 5.41) is 17.3. The van der Waals surface area contributed by atoms with E-state index in [1.807, 2.05) is 23.7 Å². The molecule has 0 aliphatic carbocycles. The van der Waals surface area contributed by atoms with Gasteiger partial charge in [-0.15, -0.1) is 0 Å². The lowest BCUT2D eigenvalue weighted by atomic mass is 10.0. The van der Waals surface area contributed by atoms with Gasteiger partial charge in [-0.25, -0.2) is 9.67 Å². The number of nitrogens with one attached hydrogen (secondary N) is 1. The van der Waals surface area contributed by atoms with Crippen LogP contribution in [-0.4, -0.2) is 25.9 Å². The van der Waals surface area contributed by atoms with Crippen molar-refractivity contribution in [2.75, 3.05) is 0 Å². The van der Waals surface area contributed by atoms with Gasteiger partial charge in [0.2, 0.25) is 0 Å². The Hall–Kier alpha value is -1.72. The number of nitrogens with zero attached hydrogens (tertiary/aromatic N) is 3. The molecule has 0 bridgehead atoms. The third-order valence-electron chi connectivity index (χ3n) is 4.08. The lowest BCUT2D eigenvalue weighted by Crippen LogP contribution is -2.39. The second-order valence-corrected chi connectivity index (χ2v) is 5.78. The number of hydrogen-bond acceptors (Lipinski definition) is 4. The number of aliphatic hydroxyl groups excluding tert-OH is 1.